The van der Waals surface area contributed by atoms with E-state index >= 15 is 0 Å². The molecule has 3 saturated heterocycles. The van der Waals surface area contributed by atoms with Crippen LogP contribution in [0.3, 0.4) is 0 Å². The molecule has 11 nitrogen and oxygen atoms in total. The smallest absolute Gasteiger partial charge is 0.327 e. The lowest BCUT2D eigenvalue weighted by Crippen LogP contribution is -2.71. The first-order chi connectivity index (χ1) is 20.4. The van der Waals surface area contributed by atoms with Crippen LogP contribution >= 0.6 is 35.7 Å². The molecule has 5 rings (SSSR count). The number of aliphatic carboxylic acids is 1. The quantitative estimate of drug-likeness (QED) is 0.259. The lowest BCUT2D eigenvalue weighted by Gasteiger charge is -2.45. The van der Waals surface area contributed by atoms with Gasteiger partial charge in [-0.3, -0.25) is 14.5 Å². The van der Waals surface area contributed by atoms with E-state index in [0.29, 0.717) is 42.6 Å². The highest BCUT2D eigenvalue weighted by Gasteiger charge is 2.64. The van der Waals surface area contributed by atoms with Crippen molar-refractivity contribution in [1.82, 2.24) is 20.0 Å². The Bertz CT molecular complexity index is 1420. The van der Waals surface area contributed by atoms with Crippen molar-refractivity contribution in [2.24, 2.45) is 0 Å². The number of hydrogen-bond acceptors (Lipinski definition) is 10. The molecule has 43 heavy (non-hydrogen) atoms. The van der Waals surface area contributed by atoms with Crippen molar-refractivity contribution < 1.29 is 34.1 Å². The molecule has 0 radical (unpaired) electrons. The van der Waals surface area contributed by atoms with Crippen LogP contribution in [-0.2, 0) is 20.8 Å². The second-order valence-corrected chi connectivity index (χ2v) is 14.4. The van der Waals surface area contributed by atoms with Crippen molar-refractivity contribution in [3.63, 3.8) is 0 Å². The molecule has 14 heteroatoms. The van der Waals surface area contributed by atoms with Crippen LogP contribution in [0.15, 0.2) is 42.5 Å². The average molecular weight is 647 g/mol. The Morgan fingerprint density at radius 3 is 2.49 bits per heavy atom. The fraction of sp³-hybridized carbons (Fsp3) is 0.448. The molecule has 4 unspecified atom stereocenters. The maximum absolute atomic E-state index is 13.9. The molecule has 3 fully saturated rings. The highest BCUT2D eigenvalue weighted by molar-refractivity contribution is 8.22. The number of carbonyl (C=O) groups excluding carboxylic acids is 2. The summed E-state index contributed by atoms with van der Waals surface area (Å²) in [4.78, 5) is 44.3. The number of phenols is 1. The Morgan fingerprint density at radius 1 is 1.14 bits per heavy atom. The van der Waals surface area contributed by atoms with Crippen molar-refractivity contribution in [1.29, 1.82) is 0 Å². The summed E-state index contributed by atoms with van der Waals surface area (Å²) in [5, 5.41) is 22.1. The van der Waals surface area contributed by atoms with E-state index in [9.17, 15) is 24.6 Å². The number of nitrogens with one attached hydrogen (secondary N) is 1. The minimum atomic E-state index is -1.06. The number of nitrogens with zero attached hydrogens (tertiary/aromatic N) is 3. The maximum atomic E-state index is 13.9. The van der Waals surface area contributed by atoms with Gasteiger partial charge in [-0.25, -0.2) is 4.79 Å². The van der Waals surface area contributed by atoms with Crippen LogP contribution in [0.2, 0.25) is 0 Å². The molecule has 4 atom stereocenters. The number of aromatic hydroxyl groups is 1. The van der Waals surface area contributed by atoms with E-state index in [2.05, 4.69) is 5.32 Å². The number of amides is 2. The first kappa shape index (κ1) is 31.2. The van der Waals surface area contributed by atoms with Crippen LogP contribution in [0.5, 0.6) is 17.2 Å². The summed E-state index contributed by atoms with van der Waals surface area (Å²) in [5.74, 6) is -0.0356. The molecule has 0 spiro atoms. The number of benzene rings is 2. The summed E-state index contributed by atoms with van der Waals surface area (Å²) >= 11 is 8.50. The van der Waals surface area contributed by atoms with Gasteiger partial charge in [-0.1, -0.05) is 42.2 Å². The van der Waals surface area contributed by atoms with Crippen molar-refractivity contribution in [2.75, 3.05) is 33.3 Å². The second kappa shape index (κ2) is 12.4. The number of carboxylic acid groups (broad SMARTS) is 1. The van der Waals surface area contributed by atoms with Crippen LogP contribution < -0.4 is 14.8 Å². The van der Waals surface area contributed by atoms with Gasteiger partial charge in [-0.05, 0) is 55.7 Å². The van der Waals surface area contributed by atoms with E-state index in [0.717, 1.165) is 9.88 Å². The number of thiocarbonyl (C=S) groups is 1. The van der Waals surface area contributed by atoms with Gasteiger partial charge in [0.1, 0.15) is 33.6 Å². The van der Waals surface area contributed by atoms with Crippen molar-refractivity contribution in [3.05, 3.63) is 53.6 Å². The highest BCUT2D eigenvalue weighted by atomic mass is 32.2. The number of methoxy groups -OCH3 is 2. The Kier molecular flexibility index (Phi) is 9.02. The van der Waals surface area contributed by atoms with Crippen LogP contribution in [0.4, 0.5) is 0 Å². The van der Waals surface area contributed by atoms with Gasteiger partial charge >= 0.3 is 5.97 Å². The van der Waals surface area contributed by atoms with Gasteiger partial charge in [0.15, 0.2) is 11.5 Å². The van der Waals surface area contributed by atoms with Gasteiger partial charge in [-0.2, -0.15) is 0 Å². The SMILES string of the molecule is COc1ccc(CCN2CN(C(C(=O)NC3C(=O)N4C3SC(C)(C)C4C(=O)O)c3ccc(O)cc3)CSC2=S)cc1OC. The summed E-state index contributed by atoms with van der Waals surface area (Å²) in [6, 6.07) is 9.61. The highest BCUT2D eigenvalue weighted by Crippen LogP contribution is 2.51. The molecule has 3 aliphatic rings. The Hall–Kier alpha value is -3.20. The van der Waals surface area contributed by atoms with Crippen LogP contribution in [0, 0.1) is 0 Å². The molecule has 0 saturated carbocycles. The summed E-state index contributed by atoms with van der Waals surface area (Å²) in [6.07, 6.45) is 0.677. The molecule has 3 aliphatic heterocycles. The van der Waals surface area contributed by atoms with Gasteiger partial charge in [0.05, 0.1) is 26.8 Å². The zero-order valence-corrected chi connectivity index (χ0v) is 26.6. The Labute approximate surface area is 263 Å². The summed E-state index contributed by atoms with van der Waals surface area (Å²) < 4.78 is 10.8. The Morgan fingerprint density at radius 2 is 1.84 bits per heavy atom. The minimum Gasteiger partial charge on any atom is -0.508 e. The number of phenolic OH excluding ortho intramolecular Hbond substituents is 1. The van der Waals surface area contributed by atoms with E-state index in [-0.39, 0.29) is 11.7 Å². The monoisotopic (exact) mass is 646 g/mol. The van der Waals surface area contributed by atoms with Crippen LogP contribution in [0.1, 0.15) is 31.0 Å². The van der Waals surface area contributed by atoms with E-state index in [1.807, 2.05) is 28.0 Å². The molecule has 2 aromatic rings. The largest absolute Gasteiger partial charge is 0.508 e. The second-order valence-electron chi connectivity index (χ2n) is 11.1. The number of thioether (sulfide) groups is 2. The molecular weight excluding hydrogens is 613 g/mol. The molecule has 0 bridgehead atoms. The number of β-lactam (4-membered cyclic amide) rings is 1. The Balaban J connectivity index is 1.33. The normalized spacial score (nSPS) is 23.8. The zero-order valence-electron chi connectivity index (χ0n) is 24.2. The first-order valence-electron chi connectivity index (χ1n) is 13.6. The number of carbonyl (C=O) groups is 3. The first-order valence-corrected chi connectivity index (χ1v) is 15.9. The molecule has 3 heterocycles. The van der Waals surface area contributed by atoms with Gasteiger partial charge in [0.2, 0.25) is 11.8 Å². The summed E-state index contributed by atoms with van der Waals surface area (Å²) in [6.45, 7) is 4.56. The third-order valence-electron chi connectivity index (χ3n) is 7.88. The van der Waals surface area contributed by atoms with E-state index in [1.54, 1.807) is 40.2 Å². The third-order valence-corrected chi connectivity index (χ3v) is 11.0. The molecular formula is C29H34N4O7S3. The molecule has 3 N–H and O–H groups in total. The van der Waals surface area contributed by atoms with Crippen molar-refractivity contribution >= 4 is 57.8 Å². The summed E-state index contributed by atoms with van der Waals surface area (Å²) in [5.41, 5.74) is 1.69. The van der Waals surface area contributed by atoms with Gasteiger partial charge in [0, 0.05) is 11.3 Å². The van der Waals surface area contributed by atoms with E-state index in [4.69, 9.17) is 21.7 Å². The lowest BCUT2D eigenvalue weighted by molar-refractivity contribution is -0.161. The van der Waals surface area contributed by atoms with Crippen molar-refractivity contribution in [3.8, 4) is 17.2 Å². The topological polar surface area (TPSA) is 132 Å². The fourth-order valence-electron chi connectivity index (χ4n) is 5.73. The molecule has 230 valence electrons. The molecule has 0 aromatic heterocycles. The van der Waals surface area contributed by atoms with Gasteiger partial charge in [-0.15, -0.1) is 11.8 Å². The van der Waals surface area contributed by atoms with Gasteiger partial charge in [0.25, 0.3) is 0 Å². The van der Waals surface area contributed by atoms with Crippen LogP contribution in [-0.4, -0.2) is 103 Å². The van der Waals surface area contributed by atoms with Crippen LogP contribution in [0.25, 0.3) is 0 Å². The minimum absolute atomic E-state index is 0.0720. The number of hydrogen-bond donors (Lipinski definition) is 3. The average Bonchev–Trinajstić information content (AvgIpc) is 3.24. The van der Waals surface area contributed by atoms with Gasteiger partial charge < -0.3 is 34.8 Å². The standard InChI is InChI=1S/C29H34N4O7S3/c1-29(2)23(27(37)38)33-25(36)21(26(33)43-29)30-24(35)22(17-6-8-18(34)9-7-17)32-14-31(28(41)42-15-32)12-11-16-5-10-19(39-3)20(13-16)40-4/h5-10,13,21-23,26,34H,11-12,14-15H2,1-4H3,(H,30,35)(H,37,38). The summed E-state index contributed by atoms with van der Waals surface area (Å²) in [7, 11) is 3.18. The predicted molar refractivity (Wildman–Crippen MR) is 168 cm³/mol. The third kappa shape index (κ3) is 6.10. The number of fused-ring (bicyclic) bond motifs is 1. The van der Waals surface area contributed by atoms with Crippen molar-refractivity contribution in [2.45, 2.75) is 48.5 Å². The number of carboxylic acids is 1. The lowest BCUT2D eigenvalue weighted by atomic mass is 9.95. The number of ether oxygens (including phenoxy) is 2. The molecule has 2 aromatic carbocycles. The number of rotatable bonds is 10. The van der Waals surface area contributed by atoms with E-state index < -0.39 is 40.1 Å². The molecule has 2 amide bonds. The fourth-order valence-corrected chi connectivity index (χ4v) is 8.50. The zero-order chi connectivity index (χ0) is 31.1. The predicted octanol–water partition coefficient (Wildman–Crippen LogP) is 2.88. The van der Waals surface area contributed by atoms with E-state index in [1.165, 1.54) is 40.6 Å². The molecule has 0 aliphatic carbocycles. The maximum Gasteiger partial charge on any atom is 0.327 e.